The van der Waals surface area contributed by atoms with E-state index in [1.54, 1.807) is 13.8 Å². The summed E-state index contributed by atoms with van der Waals surface area (Å²) in [5.41, 5.74) is 2.90. The molecule has 0 radical (unpaired) electrons. The van der Waals surface area contributed by atoms with E-state index in [0.29, 0.717) is 6.54 Å². The predicted molar refractivity (Wildman–Crippen MR) is 80.0 cm³/mol. The number of benzene rings is 1. The van der Waals surface area contributed by atoms with E-state index in [9.17, 15) is 0 Å². The van der Waals surface area contributed by atoms with E-state index < -0.39 is 5.60 Å². The van der Waals surface area contributed by atoms with Gasteiger partial charge in [-0.15, -0.1) is 0 Å². The van der Waals surface area contributed by atoms with Crippen LogP contribution in [0.25, 0.3) is 0 Å². The summed E-state index contributed by atoms with van der Waals surface area (Å²) in [6.07, 6.45) is 1.70. The Morgan fingerprint density at radius 2 is 1.61 bits per heavy atom. The molecule has 0 saturated heterocycles. The molecule has 0 aliphatic rings. The van der Waals surface area contributed by atoms with Crippen LogP contribution in [-0.2, 0) is 6.42 Å². The largest absolute Gasteiger partial charge is 0.390 e. The molecule has 0 amide bonds. The molecule has 3 N–H and O–H groups in total. The molecular weight excluding hydrogens is 226 g/mol. The van der Waals surface area contributed by atoms with Crippen molar-refractivity contribution in [3.8, 4) is 0 Å². The molecule has 0 aromatic heterocycles. The highest BCUT2D eigenvalue weighted by atomic mass is 16.5. The lowest BCUT2D eigenvalue weighted by Gasteiger charge is -2.11. The van der Waals surface area contributed by atoms with Crippen LogP contribution in [0.5, 0.6) is 0 Å². The molecular formula is C15H31NO2. The summed E-state index contributed by atoms with van der Waals surface area (Å²) in [6.45, 7) is 10.2. The fourth-order valence-electron chi connectivity index (χ4n) is 0.845. The Labute approximate surface area is 113 Å². The second-order valence-corrected chi connectivity index (χ2v) is 4.31. The maximum absolute atomic E-state index is 8.83. The van der Waals surface area contributed by atoms with Crippen LogP contribution in [0.3, 0.4) is 0 Å². The maximum Gasteiger partial charge on any atom is 0.0589 e. The maximum atomic E-state index is 8.83. The zero-order valence-corrected chi connectivity index (χ0v) is 12.4. The summed E-state index contributed by atoms with van der Waals surface area (Å²) in [6, 6.07) is 10.0. The van der Waals surface area contributed by atoms with Crippen LogP contribution in [0.15, 0.2) is 30.3 Å². The molecule has 108 valence electrons. The Bertz CT molecular complexity index is 261. The summed E-state index contributed by atoms with van der Waals surface area (Å²) < 4.78 is 0. The van der Waals surface area contributed by atoms with Crippen LogP contribution < -0.4 is 5.48 Å². The molecule has 3 heteroatoms. The van der Waals surface area contributed by atoms with Gasteiger partial charge in [-0.1, -0.05) is 51.1 Å². The number of hydrogen-bond acceptors (Lipinski definition) is 3. The molecule has 0 aliphatic carbocycles. The molecule has 0 atom stereocenters. The second-order valence-electron chi connectivity index (χ2n) is 4.31. The monoisotopic (exact) mass is 257 g/mol. The third-order valence-corrected chi connectivity index (χ3v) is 2.23. The van der Waals surface area contributed by atoms with E-state index in [4.69, 9.17) is 10.3 Å². The van der Waals surface area contributed by atoms with Crippen molar-refractivity contribution in [2.24, 2.45) is 0 Å². The van der Waals surface area contributed by atoms with Crippen molar-refractivity contribution < 1.29 is 11.7 Å². The van der Waals surface area contributed by atoms with Crippen LogP contribution in [0.4, 0.5) is 0 Å². The topological polar surface area (TPSA) is 52.5 Å². The minimum absolute atomic E-state index is 0. The van der Waals surface area contributed by atoms with Gasteiger partial charge in [0, 0.05) is 7.97 Å². The number of rotatable bonds is 4. The Morgan fingerprint density at radius 1 is 1.17 bits per heavy atom. The molecule has 0 saturated carbocycles. The lowest BCUT2D eigenvalue weighted by molar-refractivity contribution is 0.0765. The van der Waals surface area contributed by atoms with Crippen molar-refractivity contribution in [2.45, 2.75) is 53.1 Å². The van der Waals surface area contributed by atoms with Gasteiger partial charge in [-0.25, -0.2) is 5.48 Å². The highest BCUT2D eigenvalue weighted by Crippen LogP contribution is 2.03. The molecule has 0 aliphatic heterocycles. The van der Waals surface area contributed by atoms with Gasteiger partial charge in [0.2, 0.25) is 0 Å². The standard InChI is InChI=1S/C8H11NO.C5H12O.C2H6.H2/c10-9-7-6-8-4-2-1-3-5-8;1-4-5(2,3)6;1-2;/h1-5,9-10H,6-7H2;6H,4H2,1-3H3;1-2H3;1H. The van der Waals surface area contributed by atoms with Gasteiger partial charge in [0.25, 0.3) is 0 Å². The highest BCUT2D eigenvalue weighted by Gasteiger charge is 2.05. The van der Waals surface area contributed by atoms with Crippen LogP contribution >= 0.6 is 0 Å². The average molecular weight is 257 g/mol. The minimum Gasteiger partial charge on any atom is -0.390 e. The minimum atomic E-state index is -0.458. The van der Waals surface area contributed by atoms with Gasteiger partial charge in [-0.05, 0) is 32.3 Å². The van der Waals surface area contributed by atoms with E-state index in [1.807, 2.05) is 51.1 Å². The first-order valence-corrected chi connectivity index (χ1v) is 6.63. The quantitative estimate of drug-likeness (QED) is 0.722. The zero-order valence-electron chi connectivity index (χ0n) is 12.4. The SMILES string of the molecule is CC.CCC(C)(C)O.ONCCc1ccccc1.[HH]. The smallest absolute Gasteiger partial charge is 0.0589 e. The molecule has 1 rings (SSSR count). The first-order chi connectivity index (χ1) is 8.49. The third kappa shape index (κ3) is 15.1. The average Bonchev–Trinajstić information content (AvgIpc) is 2.40. The van der Waals surface area contributed by atoms with Gasteiger partial charge < -0.3 is 10.3 Å². The molecule has 18 heavy (non-hydrogen) atoms. The van der Waals surface area contributed by atoms with Gasteiger partial charge >= 0.3 is 0 Å². The van der Waals surface area contributed by atoms with Crippen molar-refractivity contribution in [2.75, 3.05) is 6.54 Å². The fourth-order valence-corrected chi connectivity index (χ4v) is 0.845. The number of aliphatic hydroxyl groups is 1. The second kappa shape index (κ2) is 12.6. The summed E-state index contributed by atoms with van der Waals surface area (Å²) >= 11 is 0. The van der Waals surface area contributed by atoms with Gasteiger partial charge in [-0.3, -0.25) is 0 Å². The molecule has 1 aromatic carbocycles. The Kier molecular flexibility index (Phi) is 13.6. The first kappa shape index (κ1) is 19.4. The number of hydrogen-bond donors (Lipinski definition) is 3. The molecule has 0 heterocycles. The zero-order chi connectivity index (χ0) is 14.4. The van der Waals surface area contributed by atoms with E-state index >= 15 is 0 Å². The van der Waals surface area contributed by atoms with Crippen molar-refractivity contribution >= 4 is 0 Å². The molecule has 1 aromatic rings. The van der Waals surface area contributed by atoms with E-state index in [2.05, 4.69) is 5.48 Å². The van der Waals surface area contributed by atoms with Gasteiger partial charge in [0.05, 0.1) is 5.60 Å². The molecule has 0 bridgehead atoms. The van der Waals surface area contributed by atoms with Crippen LogP contribution in [-0.4, -0.2) is 22.5 Å². The van der Waals surface area contributed by atoms with Crippen LogP contribution in [0.1, 0.15) is 48.0 Å². The van der Waals surface area contributed by atoms with E-state index in [-0.39, 0.29) is 1.43 Å². The fraction of sp³-hybridized carbons (Fsp3) is 0.600. The summed E-state index contributed by atoms with van der Waals surface area (Å²) in [7, 11) is 0. The lowest BCUT2D eigenvalue weighted by Crippen LogP contribution is -2.15. The molecule has 3 nitrogen and oxygen atoms in total. The van der Waals surface area contributed by atoms with Crippen molar-refractivity contribution in [1.29, 1.82) is 0 Å². The number of hydroxylamine groups is 1. The lowest BCUT2D eigenvalue weighted by atomic mass is 10.1. The first-order valence-electron chi connectivity index (χ1n) is 6.63. The summed E-state index contributed by atoms with van der Waals surface area (Å²) in [4.78, 5) is 0. The molecule has 0 fully saturated rings. The normalized spacial score (nSPS) is 9.72. The Balaban J connectivity index is -0.000000249. The summed E-state index contributed by atoms with van der Waals surface area (Å²) in [5, 5.41) is 17.1. The van der Waals surface area contributed by atoms with Gasteiger partial charge in [0.1, 0.15) is 0 Å². The molecule has 0 spiro atoms. The Morgan fingerprint density at radius 3 is 1.94 bits per heavy atom. The highest BCUT2D eigenvalue weighted by molar-refractivity contribution is 5.14. The van der Waals surface area contributed by atoms with Crippen molar-refractivity contribution in [3.63, 3.8) is 0 Å². The Hall–Kier alpha value is -0.900. The van der Waals surface area contributed by atoms with Crippen LogP contribution in [0.2, 0.25) is 0 Å². The van der Waals surface area contributed by atoms with Gasteiger partial charge in [-0.2, -0.15) is 0 Å². The number of nitrogens with one attached hydrogen (secondary N) is 1. The predicted octanol–water partition coefficient (Wildman–Crippen LogP) is 3.65. The van der Waals surface area contributed by atoms with Crippen molar-refractivity contribution in [3.05, 3.63) is 35.9 Å². The van der Waals surface area contributed by atoms with Gasteiger partial charge in [0.15, 0.2) is 0 Å². The third-order valence-electron chi connectivity index (χ3n) is 2.23. The van der Waals surface area contributed by atoms with E-state index in [0.717, 1.165) is 12.8 Å². The molecule has 0 unspecified atom stereocenters. The summed E-state index contributed by atoms with van der Waals surface area (Å²) in [5.74, 6) is 0. The van der Waals surface area contributed by atoms with Crippen LogP contribution in [0, 0.1) is 0 Å². The van der Waals surface area contributed by atoms with E-state index in [1.165, 1.54) is 5.56 Å². The van der Waals surface area contributed by atoms with Crippen molar-refractivity contribution in [1.82, 2.24) is 5.48 Å².